The molecule has 0 radical (unpaired) electrons. The first-order valence-corrected chi connectivity index (χ1v) is 8.39. The molecule has 1 fully saturated rings. The third-order valence-electron chi connectivity index (χ3n) is 4.26. The smallest absolute Gasteiger partial charge is 0.228 e. The molecule has 0 aromatic carbocycles. The molecule has 1 aromatic heterocycles. The second-order valence-electron chi connectivity index (χ2n) is 5.98. The van der Waals surface area contributed by atoms with Crippen molar-refractivity contribution < 1.29 is 4.52 Å². The Morgan fingerprint density at radius 3 is 2.60 bits per heavy atom. The van der Waals surface area contributed by atoms with Crippen molar-refractivity contribution in [2.45, 2.75) is 83.6 Å². The number of nitrogens with one attached hydrogen (secondary N) is 1. The Balaban J connectivity index is 1.93. The Bertz CT molecular complexity index is 364. The topological polar surface area (TPSA) is 51.0 Å². The molecule has 20 heavy (non-hydrogen) atoms. The van der Waals surface area contributed by atoms with Gasteiger partial charge in [-0.05, 0) is 25.8 Å². The monoisotopic (exact) mass is 279 g/mol. The molecule has 1 aromatic rings. The molecule has 1 atom stereocenters. The van der Waals surface area contributed by atoms with Crippen molar-refractivity contribution in [3.8, 4) is 0 Å². The van der Waals surface area contributed by atoms with E-state index in [1.165, 1.54) is 44.9 Å². The Kier molecular flexibility index (Phi) is 6.51. The van der Waals surface area contributed by atoms with Crippen LogP contribution in [0, 0.1) is 0 Å². The van der Waals surface area contributed by atoms with Gasteiger partial charge < -0.3 is 9.84 Å². The average Bonchev–Trinajstić information content (AvgIpc) is 2.73. The lowest BCUT2D eigenvalue weighted by Gasteiger charge is -2.14. The summed E-state index contributed by atoms with van der Waals surface area (Å²) in [6.45, 7) is 5.36. The minimum absolute atomic E-state index is 0.465. The Labute approximate surface area is 122 Å². The average molecular weight is 279 g/mol. The van der Waals surface area contributed by atoms with E-state index in [0.29, 0.717) is 12.0 Å². The lowest BCUT2D eigenvalue weighted by atomic mass is 10.00. The summed E-state index contributed by atoms with van der Waals surface area (Å²) in [4.78, 5) is 4.66. The summed E-state index contributed by atoms with van der Waals surface area (Å²) in [7, 11) is 0. The highest BCUT2D eigenvalue weighted by Gasteiger charge is 2.21. The number of hydrogen-bond acceptors (Lipinski definition) is 4. The van der Waals surface area contributed by atoms with Crippen LogP contribution < -0.4 is 5.32 Å². The minimum atomic E-state index is 0.465. The van der Waals surface area contributed by atoms with Gasteiger partial charge in [-0.2, -0.15) is 4.98 Å². The molecule has 1 aliphatic rings. The van der Waals surface area contributed by atoms with Gasteiger partial charge in [0, 0.05) is 18.4 Å². The largest absolute Gasteiger partial charge is 0.339 e. The summed E-state index contributed by atoms with van der Waals surface area (Å²) in [6, 6.07) is 0.465. The first kappa shape index (κ1) is 15.5. The standard InChI is InChI=1S/C16H29N3O/c1-3-9-14(17-4-2)12-15-18-16(19-20-15)13-10-7-5-6-8-11-13/h13-14,17H,3-12H2,1-2H3. The summed E-state index contributed by atoms with van der Waals surface area (Å²) < 4.78 is 5.48. The summed E-state index contributed by atoms with van der Waals surface area (Å²) in [5.74, 6) is 2.29. The van der Waals surface area contributed by atoms with Gasteiger partial charge >= 0.3 is 0 Å². The lowest BCUT2D eigenvalue weighted by molar-refractivity contribution is 0.345. The maximum Gasteiger partial charge on any atom is 0.228 e. The molecule has 0 aliphatic heterocycles. The van der Waals surface area contributed by atoms with Crippen molar-refractivity contribution in [1.29, 1.82) is 0 Å². The van der Waals surface area contributed by atoms with Crippen LogP contribution in [0.4, 0.5) is 0 Å². The number of rotatable bonds is 7. The molecule has 1 heterocycles. The van der Waals surface area contributed by atoms with E-state index in [1.54, 1.807) is 0 Å². The minimum Gasteiger partial charge on any atom is -0.339 e. The fourth-order valence-electron chi connectivity index (χ4n) is 3.18. The second-order valence-corrected chi connectivity index (χ2v) is 5.98. The Morgan fingerprint density at radius 2 is 1.95 bits per heavy atom. The van der Waals surface area contributed by atoms with Gasteiger partial charge in [0.15, 0.2) is 5.82 Å². The van der Waals surface area contributed by atoms with E-state index in [1.807, 2.05) is 0 Å². The van der Waals surface area contributed by atoms with E-state index in [0.717, 1.165) is 31.1 Å². The molecule has 0 saturated heterocycles. The van der Waals surface area contributed by atoms with E-state index in [4.69, 9.17) is 4.52 Å². The molecule has 1 aliphatic carbocycles. The SMILES string of the molecule is CCCC(Cc1nc(C2CCCCCC2)no1)NCC. The molecule has 0 spiro atoms. The zero-order valence-electron chi connectivity index (χ0n) is 13.0. The number of hydrogen-bond donors (Lipinski definition) is 1. The van der Waals surface area contributed by atoms with E-state index >= 15 is 0 Å². The molecular formula is C16H29N3O. The van der Waals surface area contributed by atoms with Crippen molar-refractivity contribution in [2.75, 3.05) is 6.54 Å². The molecule has 1 N–H and O–H groups in total. The van der Waals surface area contributed by atoms with Gasteiger partial charge in [0.05, 0.1) is 0 Å². The van der Waals surface area contributed by atoms with Gasteiger partial charge in [-0.1, -0.05) is 51.1 Å². The number of nitrogens with zero attached hydrogens (tertiary/aromatic N) is 2. The fourth-order valence-corrected chi connectivity index (χ4v) is 3.18. The van der Waals surface area contributed by atoms with Gasteiger partial charge in [-0.15, -0.1) is 0 Å². The summed E-state index contributed by atoms with van der Waals surface area (Å²) in [6.07, 6.45) is 11.0. The van der Waals surface area contributed by atoms with Gasteiger partial charge in [-0.3, -0.25) is 0 Å². The van der Waals surface area contributed by atoms with Crippen molar-refractivity contribution in [3.05, 3.63) is 11.7 Å². The highest BCUT2D eigenvalue weighted by molar-refractivity contribution is 4.97. The highest BCUT2D eigenvalue weighted by atomic mass is 16.5. The lowest BCUT2D eigenvalue weighted by Crippen LogP contribution is -2.30. The van der Waals surface area contributed by atoms with Crippen LogP contribution in [0.25, 0.3) is 0 Å². The molecule has 4 heteroatoms. The third kappa shape index (κ3) is 4.58. The van der Waals surface area contributed by atoms with Crippen molar-refractivity contribution in [2.24, 2.45) is 0 Å². The zero-order chi connectivity index (χ0) is 14.2. The molecule has 4 nitrogen and oxygen atoms in total. The maximum absolute atomic E-state index is 5.48. The van der Waals surface area contributed by atoms with Crippen LogP contribution in [0.15, 0.2) is 4.52 Å². The van der Waals surface area contributed by atoms with Crippen molar-refractivity contribution >= 4 is 0 Å². The molecule has 114 valence electrons. The van der Waals surface area contributed by atoms with Crippen LogP contribution in [-0.2, 0) is 6.42 Å². The molecule has 1 saturated carbocycles. The van der Waals surface area contributed by atoms with Gasteiger partial charge in [0.2, 0.25) is 5.89 Å². The van der Waals surface area contributed by atoms with Crippen LogP contribution in [0.1, 0.15) is 82.8 Å². The van der Waals surface area contributed by atoms with Gasteiger partial charge in [0.25, 0.3) is 0 Å². The van der Waals surface area contributed by atoms with E-state index in [-0.39, 0.29) is 0 Å². The number of likely N-dealkylation sites (N-methyl/N-ethyl adjacent to an activating group) is 1. The summed E-state index contributed by atoms with van der Waals surface area (Å²) in [5, 5.41) is 7.74. The van der Waals surface area contributed by atoms with Gasteiger partial charge in [0.1, 0.15) is 0 Å². The first-order chi connectivity index (χ1) is 9.83. The quantitative estimate of drug-likeness (QED) is 0.771. The van der Waals surface area contributed by atoms with Crippen LogP contribution in [0.5, 0.6) is 0 Å². The first-order valence-electron chi connectivity index (χ1n) is 8.39. The molecule has 1 unspecified atom stereocenters. The van der Waals surface area contributed by atoms with E-state index in [2.05, 4.69) is 29.3 Å². The van der Waals surface area contributed by atoms with E-state index in [9.17, 15) is 0 Å². The van der Waals surface area contributed by atoms with Gasteiger partial charge in [-0.25, -0.2) is 0 Å². The fraction of sp³-hybridized carbons (Fsp3) is 0.875. The maximum atomic E-state index is 5.48. The third-order valence-corrected chi connectivity index (χ3v) is 4.26. The Morgan fingerprint density at radius 1 is 1.20 bits per heavy atom. The predicted molar refractivity (Wildman–Crippen MR) is 80.8 cm³/mol. The molecule has 2 rings (SSSR count). The molecule has 0 amide bonds. The normalized spacial score (nSPS) is 18.9. The molecule has 0 bridgehead atoms. The highest BCUT2D eigenvalue weighted by Crippen LogP contribution is 2.29. The summed E-state index contributed by atoms with van der Waals surface area (Å²) in [5.41, 5.74) is 0. The van der Waals surface area contributed by atoms with Crippen LogP contribution in [-0.4, -0.2) is 22.7 Å². The Hall–Kier alpha value is -0.900. The number of aromatic nitrogens is 2. The van der Waals surface area contributed by atoms with Crippen LogP contribution >= 0.6 is 0 Å². The van der Waals surface area contributed by atoms with Crippen LogP contribution in [0.2, 0.25) is 0 Å². The zero-order valence-corrected chi connectivity index (χ0v) is 13.0. The summed E-state index contributed by atoms with van der Waals surface area (Å²) >= 11 is 0. The van der Waals surface area contributed by atoms with Crippen molar-refractivity contribution in [3.63, 3.8) is 0 Å². The predicted octanol–water partition coefficient (Wildman–Crippen LogP) is 3.83. The van der Waals surface area contributed by atoms with Crippen LogP contribution in [0.3, 0.4) is 0 Å². The van der Waals surface area contributed by atoms with Crippen molar-refractivity contribution in [1.82, 2.24) is 15.5 Å². The second kappa shape index (κ2) is 8.40. The van der Waals surface area contributed by atoms with E-state index < -0.39 is 0 Å². The molecular weight excluding hydrogens is 250 g/mol.